The van der Waals surface area contributed by atoms with E-state index in [0.29, 0.717) is 98.9 Å². The van der Waals surface area contributed by atoms with E-state index in [1.165, 1.54) is 0 Å². The number of carbonyl (C=O) groups excluding carboxylic acids is 1. The Labute approximate surface area is 187 Å². The predicted molar refractivity (Wildman–Crippen MR) is 117 cm³/mol. The molecule has 0 amide bonds. The molecule has 0 fully saturated rings. The van der Waals surface area contributed by atoms with Crippen LogP contribution in [0.5, 0.6) is 0 Å². The number of rotatable bonds is 26. The van der Waals surface area contributed by atoms with Crippen molar-refractivity contribution in [3.63, 3.8) is 0 Å². The summed E-state index contributed by atoms with van der Waals surface area (Å²) in [6, 6.07) is 0. The number of hydrogen-bond donors (Lipinski definition) is 0. The van der Waals surface area contributed by atoms with Crippen LogP contribution in [0.4, 0.5) is 0 Å². The maximum Gasteiger partial charge on any atom is 0.305 e. The van der Waals surface area contributed by atoms with E-state index < -0.39 is 0 Å². The van der Waals surface area contributed by atoms with Gasteiger partial charge in [-0.05, 0) is 6.42 Å². The molecule has 0 radical (unpaired) electrons. The van der Waals surface area contributed by atoms with Crippen molar-refractivity contribution in [3.05, 3.63) is 0 Å². The first-order chi connectivity index (χ1) is 15.3. The molecule has 9 heteroatoms. The number of ether oxygens (including phenoxy) is 8. The van der Waals surface area contributed by atoms with Crippen molar-refractivity contribution in [3.8, 4) is 0 Å². The van der Waals surface area contributed by atoms with Crippen LogP contribution < -0.4 is 0 Å². The maximum absolute atomic E-state index is 11.5. The van der Waals surface area contributed by atoms with Gasteiger partial charge in [0.1, 0.15) is 6.61 Å². The van der Waals surface area contributed by atoms with Gasteiger partial charge in [0, 0.05) is 13.5 Å². The van der Waals surface area contributed by atoms with Gasteiger partial charge in [-0.2, -0.15) is 0 Å². The standard InChI is InChI=1S/C22H44O9/c1-3-4-5-6-7-22(23)31-21-20-30-19-18-29-17-16-28-15-14-27-13-12-26-11-10-25-9-8-24-2/h3-21H2,1-2H3. The highest BCUT2D eigenvalue weighted by molar-refractivity contribution is 5.69. The van der Waals surface area contributed by atoms with Crippen LogP contribution in [0, 0.1) is 0 Å². The molecular formula is C22H44O9. The number of methoxy groups -OCH3 is 1. The van der Waals surface area contributed by atoms with E-state index in [1.807, 2.05) is 0 Å². The molecule has 0 aromatic carbocycles. The van der Waals surface area contributed by atoms with Crippen molar-refractivity contribution in [2.45, 2.75) is 39.0 Å². The minimum Gasteiger partial charge on any atom is -0.463 e. The minimum atomic E-state index is -0.145. The SMILES string of the molecule is CCCCCCC(=O)OCCOCCOCCOCCOCCOCCOCCOC. The van der Waals surface area contributed by atoms with Crippen LogP contribution in [0.1, 0.15) is 39.0 Å². The van der Waals surface area contributed by atoms with E-state index >= 15 is 0 Å². The molecule has 0 rings (SSSR count). The molecule has 0 aliphatic carbocycles. The molecule has 0 aliphatic heterocycles. The van der Waals surface area contributed by atoms with Gasteiger partial charge in [-0.3, -0.25) is 4.79 Å². The van der Waals surface area contributed by atoms with Crippen LogP contribution in [0.2, 0.25) is 0 Å². The highest BCUT2D eigenvalue weighted by Crippen LogP contribution is 2.03. The Morgan fingerprint density at radius 2 is 0.903 bits per heavy atom. The van der Waals surface area contributed by atoms with Gasteiger partial charge in [0.15, 0.2) is 0 Å². The molecule has 0 aromatic rings. The summed E-state index contributed by atoms with van der Waals surface area (Å²) >= 11 is 0. The zero-order valence-corrected chi connectivity index (χ0v) is 19.6. The van der Waals surface area contributed by atoms with Crippen LogP contribution in [0.25, 0.3) is 0 Å². The third kappa shape index (κ3) is 27.2. The number of esters is 1. The molecule has 9 nitrogen and oxygen atoms in total. The summed E-state index contributed by atoms with van der Waals surface area (Å²) in [6.45, 7) is 9.19. The molecule has 31 heavy (non-hydrogen) atoms. The summed E-state index contributed by atoms with van der Waals surface area (Å²) in [6.07, 6.45) is 4.80. The Morgan fingerprint density at radius 1 is 0.516 bits per heavy atom. The third-order valence-corrected chi connectivity index (χ3v) is 4.02. The van der Waals surface area contributed by atoms with Crippen molar-refractivity contribution in [1.29, 1.82) is 0 Å². The lowest BCUT2D eigenvalue weighted by Gasteiger charge is -2.08. The fraction of sp³-hybridized carbons (Fsp3) is 0.955. The number of hydrogen-bond acceptors (Lipinski definition) is 9. The van der Waals surface area contributed by atoms with Gasteiger partial charge in [-0.25, -0.2) is 0 Å². The quantitative estimate of drug-likeness (QED) is 0.145. The average Bonchev–Trinajstić information content (AvgIpc) is 2.77. The van der Waals surface area contributed by atoms with Crippen molar-refractivity contribution in [2.75, 3.05) is 99.6 Å². The maximum atomic E-state index is 11.5. The summed E-state index contributed by atoms with van der Waals surface area (Å²) in [7, 11) is 1.64. The second-order valence-corrected chi connectivity index (χ2v) is 6.70. The van der Waals surface area contributed by atoms with E-state index in [1.54, 1.807) is 7.11 Å². The van der Waals surface area contributed by atoms with E-state index in [9.17, 15) is 4.79 Å². The number of unbranched alkanes of at least 4 members (excludes halogenated alkanes) is 3. The van der Waals surface area contributed by atoms with Crippen LogP contribution >= 0.6 is 0 Å². The van der Waals surface area contributed by atoms with Gasteiger partial charge in [0.05, 0.1) is 85.9 Å². The highest BCUT2D eigenvalue weighted by Gasteiger charge is 2.02. The fourth-order valence-corrected chi connectivity index (χ4v) is 2.33. The van der Waals surface area contributed by atoms with Crippen molar-refractivity contribution >= 4 is 5.97 Å². The van der Waals surface area contributed by atoms with Gasteiger partial charge in [0.2, 0.25) is 0 Å². The average molecular weight is 453 g/mol. The second-order valence-electron chi connectivity index (χ2n) is 6.70. The Balaban J connectivity index is 3.07. The molecule has 0 heterocycles. The molecule has 0 unspecified atom stereocenters. The molecular weight excluding hydrogens is 408 g/mol. The minimum absolute atomic E-state index is 0.145. The second kappa shape index (κ2) is 27.2. The topological polar surface area (TPSA) is 90.9 Å². The molecule has 0 aliphatic rings. The van der Waals surface area contributed by atoms with Crippen molar-refractivity contribution in [1.82, 2.24) is 0 Å². The van der Waals surface area contributed by atoms with Crippen LogP contribution in [0.15, 0.2) is 0 Å². The van der Waals surface area contributed by atoms with E-state index in [-0.39, 0.29) is 5.97 Å². The number of carbonyl (C=O) groups is 1. The molecule has 0 saturated heterocycles. The van der Waals surface area contributed by atoms with Crippen molar-refractivity contribution < 1.29 is 42.7 Å². The van der Waals surface area contributed by atoms with Crippen LogP contribution in [-0.4, -0.2) is 106 Å². The highest BCUT2D eigenvalue weighted by atomic mass is 16.6. The molecule has 186 valence electrons. The predicted octanol–water partition coefficient (Wildman–Crippen LogP) is 2.25. The van der Waals surface area contributed by atoms with Crippen molar-refractivity contribution in [2.24, 2.45) is 0 Å². The lowest BCUT2D eigenvalue weighted by molar-refractivity contribution is -0.145. The molecule has 0 atom stereocenters. The Hall–Kier alpha value is -0.810. The smallest absolute Gasteiger partial charge is 0.305 e. The summed E-state index contributed by atoms with van der Waals surface area (Å²) < 4.78 is 42.2. The Bertz CT molecular complexity index is 356. The largest absolute Gasteiger partial charge is 0.463 e. The zero-order valence-electron chi connectivity index (χ0n) is 19.6. The lowest BCUT2D eigenvalue weighted by atomic mass is 10.2. The third-order valence-electron chi connectivity index (χ3n) is 4.02. The summed E-state index contributed by atoms with van der Waals surface area (Å²) in [5, 5.41) is 0. The van der Waals surface area contributed by atoms with Gasteiger partial charge < -0.3 is 37.9 Å². The first-order valence-electron chi connectivity index (χ1n) is 11.4. The Morgan fingerprint density at radius 3 is 1.29 bits per heavy atom. The molecule has 0 spiro atoms. The lowest BCUT2D eigenvalue weighted by Crippen LogP contribution is -2.15. The first kappa shape index (κ1) is 30.2. The Kier molecular flexibility index (Phi) is 26.5. The summed E-state index contributed by atoms with van der Waals surface area (Å²) in [5.74, 6) is -0.145. The normalized spacial score (nSPS) is 11.2. The summed E-state index contributed by atoms with van der Waals surface area (Å²) in [4.78, 5) is 11.5. The van der Waals surface area contributed by atoms with Crippen LogP contribution in [0.3, 0.4) is 0 Å². The van der Waals surface area contributed by atoms with Gasteiger partial charge >= 0.3 is 5.97 Å². The van der Waals surface area contributed by atoms with Gasteiger partial charge in [-0.15, -0.1) is 0 Å². The van der Waals surface area contributed by atoms with Crippen LogP contribution in [-0.2, 0) is 42.7 Å². The molecule has 0 bridgehead atoms. The fourth-order valence-electron chi connectivity index (χ4n) is 2.33. The van der Waals surface area contributed by atoms with Gasteiger partial charge in [-0.1, -0.05) is 26.2 Å². The van der Waals surface area contributed by atoms with Gasteiger partial charge in [0.25, 0.3) is 0 Å². The van der Waals surface area contributed by atoms with E-state index in [2.05, 4.69) is 6.92 Å². The molecule has 0 saturated carbocycles. The van der Waals surface area contributed by atoms with E-state index in [4.69, 9.17) is 37.9 Å². The van der Waals surface area contributed by atoms with E-state index in [0.717, 1.165) is 25.7 Å². The zero-order chi connectivity index (χ0) is 22.7. The first-order valence-corrected chi connectivity index (χ1v) is 11.4. The summed E-state index contributed by atoms with van der Waals surface area (Å²) in [5.41, 5.74) is 0. The molecule has 0 aromatic heterocycles. The monoisotopic (exact) mass is 452 g/mol. The molecule has 0 N–H and O–H groups in total.